The number of carbonyl (C=O) groups is 1. The van der Waals surface area contributed by atoms with Gasteiger partial charge in [-0.3, -0.25) is 9.69 Å². The van der Waals surface area contributed by atoms with Gasteiger partial charge < -0.3 is 4.74 Å². The van der Waals surface area contributed by atoms with Crippen LogP contribution in [0.15, 0.2) is 0 Å². The lowest BCUT2D eigenvalue weighted by Crippen LogP contribution is -2.48. The Labute approximate surface area is 80.1 Å². The van der Waals surface area contributed by atoms with Crippen LogP contribution in [-0.4, -0.2) is 36.6 Å². The lowest BCUT2D eigenvalue weighted by Gasteiger charge is -2.36. The molecular formula is C10H19NO2. The molecule has 1 fully saturated rings. The second-order valence-electron chi connectivity index (χ2n) is 3.87. The Morgan fingerprint density at radius 3 is 2.69 bits per heavy atom. The zero-order chi connectivity index (χ0) is 9.84. The van der Waals surface area contributed by atoms with E-state index in [-0.39, 0.29) is 12.0 Å². The van der Waals surface area contributed by atoms with Crippen molar-refractivity contribution in [3.8, 4) is 0 Å². The van der Waals surface area contributed by atoms with Gasteiger partial charge in [-0.1, -0.05) is 6.42 Å². The van der Waals surface area contributed by atoms with E-state index in [1.54, 1.807) is 0 Å². The van der Waals surface area contributed by atoms with Crippen LogP contribution in [0.1, 0.15) is 33.1 Å². The van der Waals surface area contributed by atoms with Crippen LogP contribution < -0.4 is 0 Å². The summed E-state index contributed by atoms with van der Waals surface area (Å²) in [6.45, 7) is 5.28. The van der Waals surface area contributed by atoms with Crippen molar-refractivity contribution in [3.05, 3.63) is 0 Å². The fraction of sp³-hybridized carbons (Fsp3) is 0.900. The summed E-state index contributed by atoms with van der Waals surface area (Å²) in [4.78, 5) is 13.6. The van der Waals surface area contributed by atoms with E-state index < -0.39 is 0 Å². The van der Waals surface area contributed by atoms with Crippen molar-refractivity contribution in [1.82, 2.24) is 4.90 Å². The minimum absolute atomic E-state index is 0.00116. The summed E-state index contributed by atoms with van der Waals surface area (Å²) < 4.78 is 4.79. The average Bonchev–Trinajstić information content (AvgIpc) is 2.16. The van der Waals surface area contributed by atoms with E-state index in [1.165, 1.54) is 13.5 Å². The zero-order valence-corrected chi connectivity index (χ0v) is 8.75. The smallest absolute Gasteiger partial charge is 0.323 e. The van der Waals surface area contributed by atoms with E-state index in [1.807, 2.05) is 0 Å². The highest BCUT2D eigenvalue weighted by atomic mass is 16.5. The van der Waals surface area contributed by atoms with Crippen LogP contribution in [-0.2, 0) is 9.53 Å². The zero-order valence-electron chi connectivity index (χ0n) is 8.75. The summed E-state index contributed by atoms with van der Waals surface area (Å²) in [5.41, 5.74) is 0. The third-order valence-corrected chi connectivity index (χ3v) is 2.68. The van der Waals surface area contributed by atoms with Crippen LogP contribution in [0.2, 0.25) is 0 Å². The second kappa shape index (κ2) is 4.61. The van der Waals surface area contributed by atoms with Crippen LogP contribution in [0.4, 0.5) is 0 Å². The largest absolute Gasteiger partial charge is 0.468 e. The predicted octanol–water partition coefficient (Wildman–Crippen LogP) is 1.42. The Hall–Kier alpha value is -0.570. The SMILES string of the molecule is COC(=O)C1CCCCN1C(C)C. The number of nitrogens with zero attached hydrogens (tertiary/aromatic N) is 1. The molecule has 0 radical (unpaired) electrons. The van der Waals surface area contributed by atoms with Crippen molar-refractivity contribution >= 4 is 5.97 Å². The first-order chi connectivity index (χ1) is 6.16. The molecule has 3 nitrogen and oxygen atoms in total. The molecule has 0 N–H and O–H groups in total. The Balaban J connectivity index is 2.61. The van der Waals surface area contributed by atoms with Gasteiger partial charge in [0.1, 0.15) is 6.04 Å². The maximum Gasteiger partial charge on any atom is 0.323 e. The topological polar surface area (TPSA) is 29.5 Å². The van der Waals surface area contributed by atoms with Crippen molar-refractivity contribution in [1.29, 1.82) is 0 Å². The molecule has 0 amide bonds. The number of ether oxygens (including phenoxy) is 1. The Morgan fingerprint density at radius 1 is 1.46 bits per heavy atom. The highest BCUT2D eigenvalue weighted by Crippen LogP contribution is 2.20. The molecule has 3 heteroatoms. The molecule has 1 aliphatic rings. The summed E-state index contributed by atoms with van der Waals surface area (Å²) >= 11 is 0. The number of piperidine rings is 1. The molecular weight excluding hydrogens is 166 g/mol. The van der Waals surface area contributed by atoms with Crippen LogP contribution >= 0.6 is 0 Å². The first kappa shape index (κ1) is 10.5. The van der Waals surface area contributed by atoms with Gasteiger partial charge >= 0.3 is 5.97 Å². The maximum absolute atomic E-state index is 11.4. The molecule has 1 heterocycles. The first-order valence-electron chi connectivity index (χ1n) is 5.00. The Bertz CT molecular complexity index is 180. The van der Waals surface area contributed by atoms with Crippen molar-refractivity contribution in [3.63, 3.8) is 0 Å². The van der Waals surface area contributed by atoms with E-state index in [0.29, 0.717) is 6.04 Å². The van der Waals surface area contributed by atoms with Gasteiger partial charge in [-0.15, -0.1) is 0 Å². The minimum atomic E-state index is -0.0756. The third kappa shape index (κ3) is 2.44. The molecule has 76 valence electrons. The molecule has 1 aliphatic heterocycles. The number of esters is 1. The highest BCUT2D eigenvalue weighted by Gasteiger charge is 2.30. The van der Waals surface area contributed by atoms with Gasteiger partial charge in [0.05, 0.1) is 7.11 Å². The van der Waals surface area contributed by atoms with E-state index in [4.69, 9.17) is 4.74 Å². The molecule has 0 aromatic heterocycles. The van der Waals surface area contributed by atoms with Gasteiger partial charge in [0.25, 0.3) is 0 Å². The van der Waals surface area contributed by atoms with Crippen LogP contribution in [0, 0.1) is 0 Å². The quantitative estimate of drug-likeness (QED) is 0.609. The Kier molecular flexibility index (Phi) is 3.72. The highest BCUT2D eigenvalue weighted by molar-refractivity contribution is 5.75. The molecule has 13 heavy (non-hydrogen) atoms. The lowest BCUT2D eigenvalue weighted by molar-refractivity contribution is -0.149. The van der Waals surface area contributed by atoms with Gasteiger partial charge in [-0.25, -0.2) is 0 Å². The summed E-state index contributed by atoms with van der Waals surface area (Å²) in [5.74, 6) is -0.0756. The molecule has 1 saturated heterocycles. The van der Waals surface area contributed by atoms with Crippen LogP contribution in [0.5, 0.6) is 0 Å². The van der Waals surface area contributed by atoms with Crippen molar-refractivity contribution in [2.24, 2.45) is 0 Å². The number of rotatable bonds is 2. The van der Waals surface area contributed by atoms with E-state index >= 15 is 0 Å². The average molecular weight is 185 g/mol. The minimum Gasteiger partial charge on any atom is -0.468 e. The van der Waals surface area contributed by atoms with Gasteiger partial charge in [0.15, 0.2) is 0 Å². The molecule has 0 aliphatic carbocycles. The summed E-state index contributed by atoms with van der Waals surface area (Å²) in [5, 5.41) is 0. The molecule has 1 atom stereocenters. The standard InChI is InChI=1S/C10H19NO2/c1-8(2)11-7-5-4-6-9(11)10(12)13-3/h8-9H,4-7H2,1-3H3. The fourth-order valence-electron chi connectivity index (χ4n) is 1.96. The number of hydrogen-bond acceptors (Lipinski definition) is 3. The van der Waals surface area contributed by atoms with Crippen molar-refractivity contribution in [2.75, 3.05) is 13.7 Å². The molecule has 0 bridgehead atoms. The molecule has 0 aromatic rings. The van der Waals surface area contributed by atoms with Gasteiger partial charge in [0.2, 0.25) is 0 Å². The summed E-state index contributed by atoms with van der Waals surface area (Å²) in [6, 6.07) is 0.433. The summed E-state index contributed by atoms with van der Waals surface area (Å²) in [7, 11) is 1.47. The number of likely N-dealkylation sites (tertiary alicyclic amines) is 1. The maximum atomic E-state index is 11.4. The van der Waals surface area contributed by atoms with Crippen molar-refractivity contribution < 1.29 is 9.53 Å². The molecule has 0 spiro atoms. The molecule has 1 unspecified atom stereocenters. The molecule has 0 saturated carbocycles. The predicted molar refractivity (Wildman–Crippen MR) is 51.5 cm³/mol. The van der Waals surface area contributed by atoms with E-state index in [2.05, 4.69) is 18.7 Å². The summed E-state index contributed by atoms with van der Waals surface area (Å²) in [6.07, 6.45) is 3.29. The van der Waals surface area contributed by atoms with Crippen molar-refractivity contribution in [2.45, 2.75) is 45.2 Å². The van der Waals surface area contributed by atoms with E-state index in [9.17, 15) is 4.79 Å². The lowest BCUT2D eigenvalue weighted by atomic mass is 10.0. The molecule has 0 aromatic carbocycles. The second-order valence-corrected chi connectivity index (χ2v) is 3.87. The number of methoxy groups -OCH3 is 1. The Morgan fingerprint density at radius 2 is 2.15 bits per heavy atom. The normalized spacial score (nSPS) is 24.8. The number of carbonyl (C=O) groups excluding carboxylic acids is 1. The van der Waals surface area contributed by atoms with Gasteiger partial charge in [-0.2, -0.15) is 0 Å². The van der Waals surface area contributed by atoms with Gasteiger partial charge in [-0.05, 0) is 33.2 Å². The third-order valence-electron chi connectivity index (χ3n) is 2.68. The monoisotopic (exact) mass is 185 g/mol. The van der Waals surface area contributed by atoms with Gasteiger partial charge in [0, 0.05) is 6.04 Å². The van der Waals surface area contributed by atoms with E-state index in [0.717, 1.165) is 19.4 Å². The fourth-order valence-corrected chi connectivity index (χ4v) is 1.96. The first-order valence-corrected chi connectivity index (χ1v) is 5.00. The number of hydrogen-bond donors (Lipinski definition) is 0. The van der Waals surface area contributed by atoms with Crippen LogP contribution in [0.3, 0.4) is 0 Å². The molecule has 1 rings (SSSR count). The van der Waals surface area contributed by atoms with Crippen LogP contribution in [0.25, 0.3) is 0 Å².